The number of nitrogens with zero attached hydrogens (tertiary/aromatic N) is 4. The molecule has 0 saturated carbocycles. The zero-order chi connectivity index (χ0) is 24.2. The van der Waals surface area contributed by atoms with Gasteiger partial charge in [0.15, 0.2) is 5.78 Å². The van der Waals surface area contributed by atoms with Crippen molar-refractivity contribution in [3.8, 4) is 10.4 Å². The largest absolute Gasteiger partial charge is 0.391 e. The maximum absolute atomic E-state index is 13.5. The number of rotatable bonds is 8. The second-order valence-corrected chi connectivity index (χ2v) is 10.0. The number of benzene rings is 1. The number of likely N-dealkylation sites (tertiary alicyclic amines) is 1. The second-order valence-electron chi connectivity index (χ2n) is 9.18. The average Bonchev–Trinajstić information content (AvgIpc) is 3.44. The number of carbonyl (C=O) groups is 2. The lowest BCUT2D eigenvalue weighted by atomic mass is 9.90. The minimum Gasteiger partial charge on any atom is -0.391 e. The van der Waals surface area contributed by atoms with E-state index in [0.29, 0.717) is 18.5 Å². The fourth-order valence-electron chi connectivity index (χ4n) is 4.60. The summed E-state index contributed by atoms with van der Waals surface area (Å²) in [6, 6.07) is 7.58. The van der Waals surface area contributed by atoms with Crippen LogP contribution in [0.1, 0.15) is 49.6 Å². The zero-order valence-corrected chi connectivity index (χ0v) is 20.5. The highest BCUT2D eigenvalue weighted by atomic mass is 32.1. The topological polar surface area (TPSA) is 96.3 Å². The molecule has 7 nitrogen and oxygen atoms in total. The van der Waals surface area contributed by atoms with Crippen molar-refractivity contribution < 1.29 is 14.7 Å². The molecule has 1 fully saturated rings. The SMILES string of the molecule is Cc1ncsc1-c1ccc(CCC(=O)[C@@H]2C[C@@H](O)CN2C(=O)[C@@H](c2cnccn2)C(C)C)cc1. The number of thiazole rings is 1. The molecule has 178 valence electrons. The molecule has 4 rings (SSSR count). The molecule has 8 heteroatoms. The van der Waals surface area contributed by atoms with E-state index in [1.807, 2.05) is 38.4 Å². The van der Waals surface area contributed by atoms with Crippen LogP contribution in [-0.4, -0.2) is 55.3 Å². The summed E-state index contributed by atoms with van der Waals surface area (Å²) in [6.45, 7) is 6.08. The Labute approximate surface area is 203 Å². The number of carbonyl (C=O) groups excluding carboxylic acids is 2. The Kier molecular flexibility index (Phi) is 7.48. The number of amides is 1. The average molecular weight is 479 g/mol. The van der Waals surface area contributed by atoms with Gasteiger partial charge in [-0.3, -0.25) is 19.6 Å². The molecule has 1 N–H and O–H groups in total. The Morgan fingerprint density at radius 3 is 2.56 bits per heavy atom. The number of aliphatic hydroxyl groups is 1. The third kappa shape index (κ3) is 5.23. The van der Waals surface area contributed by atoms with Gasteiger partial charge in [-0.15, -0.1) is 11.3 Å². The molecule has 1 aliphatic rings. The van der Waals surface area contributed by atoms with Crippen molar-refractivity contribution >= 4 is 23.0 Å². The fourth-order valence-corrected chi connectivity index (χ4v) is 5.41. The predicted octanol–water partition coefficient (Wildman–Crippen LogP) is 3.81. The van der Waals surface area contributed by atoms with Gasteiger partial charge in [0.25, 0.3) is 0 Å². The van der Waals surface area contributed by atoms with Crippen LogP contribution in [-0.2, 0) is 16.0 Å². The van der Waals surface area contributed by atoms with E-state index in [4.69, 9.17) is 0 Å². The Morgan fingerprint density at radius 1 is 1.18 bits per heavy atom. The van der Waals surface area contributed by atoms with E-state index in [0.717, 1.165) is 21.7 Å². The highest BCUT2D eigenvalue weighted by Gasteiger charge is 2.42. The van der Waals surface area contributed by atoms with Gasteiger partial charge < -0.3 is 10.0 Å². The number of β-amino-alcohol motifs (C(OH)–C–C–N with tert-alkyl or cyclic N) is 1. The van der Waals surface area contributed by atoms with Gasteiger partial charge in [-0.1, -0.05) is 38.1 Å². The predicted molar refractivity (Wildman–Crippen MR) is 131 cm³/mol. The summed E-state index contributed by atoms with van der Waals surface area (Å²) in [5, 5.41) is 10.3. The van der Waals surface area contributed by atoms with Gasteiger partial charge in [0.05, 0.1) is 39.8 Å². The van der Waals surface area contributed by atoms with Crippen molar-refractivity contribution in [2.24, 2.45) is 5.92 Å². The molecule has 1 saturated heterocycles. The molecule has 3 heterocycles. The third-order valence-corrected chi connectivity index (χ3v) is 7.37. The normalized spacial score (nSPS) is 18.9. The van der Waals surface area contributed by atoms with Gasteiger partial charge in [0.2, 0.25) is 5.91 Å². The summed E-state index contributed by atoms with van der Waals surface area (Å²) in [4.78, 5) is 42.1. The lowest BCUT2D eigenvalue weighted by Gasteiger charge is -2.29. The molecule has 0 bridgehead atoms. The Balaban J connectivity index is 1.43. The molecule has 0 spiro atoms. The van der Waals surface area contributed by atoms with Gasteiger partial charge in [-0.05, 0) is 30.4 Å². The number of ketones is 1. The number of aryl methyl sites for hydroxylation is 2. The molecule has 0 unspecified atom stereocenters. The van der Waals surface area contributed by atoms with Gasteiger partial charge >= 0.3 is 0 Å². The smallest absolute Gasteiger partial charge is 0.232 e. The van der Waals surface area contributed by atoms with E-state index in [-0.39, 0.29) is 30.6 Å². The highest BCUT2D eigenvalue weighted by molar-refractivity contribution is 7.13. The maximum atomic E-state index is 13.5. The first-order chi connectivity index (χ1) is 16.3. The van der Waals surface area contributed by atoms with Gasteiger partial charge in [0.1, 0.15) is 0 Å². The summed E-state index contributed by atoms with van der Waals surface area (Å²) in [5.41, 5.74) is 5.63. The van der Waals surface area contributed by atoms with Gasteiger partial charge in [-0.2, -0.15) is 0 Å². The summed E-state index contributed by atoms with van der Waals surface area (Å²) in [7, 11) is 0. The first kappa shape index (κ1) is 24.2. The Morgan fingerprint density at radius 2 is 1.94 bits per heavy atom. The quantitative estimate of drug-likeness (QED) is 0.529. The first-order valence-corrected chi connectivity index (χ1v) is 12.5. The van der Waals surface area contributed by atoms with Crippen LogP contribution in [0.5, 0.6) is 0 Å². The lowest BCUT2D eigenvalue weighted by molar-refractivity contribution is -0.139. The molecule has 2 aromatic heterocycles. The molecule has 1 amide bonds. The minimum atomic E-state index is -0.700. The molecule has 34 heavy (non-hydrogen) atoms. The summed E-state index contributed by atoms with van der Waals surface area (Å²) in [6.07, 6.45) is 5.23. The number of aromatic nitrogens is 3. The lowest BCUT2D eigenvalue weighted by Crippen LogP contribution is -2.44. The van der Waals surface area contributed by atoms with E-state index in [9.17, 15) is 14.7 Å². The van der Waals surface area contributed by atoms with E-state index >= 15 is 0 Å². The number of aliphatic hydroxyl groups excluding tert-OH is 1. The monoisotopic (exact) mass is 478 g/mol. The molecule has 1 aromatic carbocycles. The third-order valence-electron chi connectivity index (χ3n) is 6.39. The molecule has 0 aliphatic carbocycles. The van der Waals surface area contributed by atoms with Crippen molar-refractivity contribution in [2.75, 3.05) is 6.54 Å². The van der Waals surface area contributed by atoms with Crippen LogP contribution in [0.4, 0.5) is 0 Å². The van der Waals surface area contributed by atoms with Crippen LogP contribution in [0.15, 0.2) is 48.4 Å². The van der Waals surface area contributed by atoms with E-state index in [1.54, 1.807) is 34.8 Å². The van der Waals surface area contributed by atoms with Crippen LogP contribution in [0.3, 0.4) is 0 Å². The number of hydrogen-bond acceptors (Lipinski definition) is 7. The second kappa shape index (κ2) is 10.5. The molecular weight excluding hydrogens is 448 g/mol. The van der Waals surface area contributed by atoms with E-state index < -0.39 is 18.1 Å². The zero-order valence-electron chi connectivity index (χ0n) is 19.7. The number of Topliss-reactive ketones (excluding diaryl/α,β-unsaturated/α-hetero) is 1. The van der Waals surface area contributed by atoms with E-state index in [2.05, 4.69) is 27.1 Å². The first-order valence-electron chi connectivity index (χ1n) is 11.6. The van der Waals surface area contributed by atoms with Crippen LogP contribution in [0.25, 0.3) is 10.4 Å². The molecule has 1 aliphatic heterocycles. The minimum absolute atomic E-state index is 0.0154. The van der Waals surface area contributed by atoms with Crippen LogP contribution < -0.4 is 0 Å². The van der Waals surface area contributed by atoms with Crippen LogP contribution >= 0.6 is 11.3 Å². The molecule has 3 aromatic rings. The highest BCUT2D eigenvalue weighted by Crippen LogP contribution is 2.31. The van der Waals surface area contributed by atoms with Crippen molar-refractivity contribution in [3.05, 3.63) is 65.3 Å². The van der Waals surface area contributed by atoms with Crippen molar-refractivity contribution in [1.82, 2.24) is 19.9 Å². The summed E-state index contributed by atoms with van der Waals surface area (Å²) < 4.78 is 0. The molecule has 0 radical (unpaired) electrons. The van der Waals surface area contributed by atoms with Crippen LogP contribution in [0.2, 0.25) is 0 Å². The van der Waals surface area contributed by atoms with E-state index in [1.165, 1.54) is 0 Å². The van der Waals surface area contributed by atoms with Crippen molar-refractivity contribution in [1.29, 1.82) is 0 Å². The van der Waals surface area contributed by atoms with Gasteiger partial charge in [0, 0.05) is 38.0 Å². The fraction of sp³-hybridized carbons (Fsp3) is 0.423. The Bertz CT molecular complexity index is 1130. The van der Waals surface area contributed by atoms with Gasteiger partial charge in [-0.25, -0.2) is 4.98 Å². The van der Waals surface area contributed by atoms with Crippen LogP contribution in [0, 0.1) is 12.8 Å². The molecular formula is C26H30N4O3S. The number of hydrogen-bond donors (Lipinski definition) is 1. The Hall–Kier alpha value is -2.97. The summed E-state index contributed by atoms with van der Waals surface area (Å²) in [5.74, 6) is -0.709. The molecule has 3 atom stereocenters. The van der Waals surface area contributed by atoms with Crippen molar-refractivity contribution in [3.63, 3.8) is 0 Å². The maximum Gasteiger partial charge on any atom is 0.232 e. The summed E-state index contributed by atoms with van der Waals surface area (Å²) >= 11 is 1.61. The standard InChI is InChI=1S/C26H30N4O3S/c1-16(2)24(21-13-27-10-11-28-21)26(33)30-14-20(31)12-22(30)23(32)9-6-18-4-7-19(8-5-18)25-17(3)29-15-34-25/h4-5,7-8,10-11,13,15-16,20,22,24,31H,6,9,12,14H2,1-3H3/t20-,22+,24-/m1/s1. The van der Waals surface area contributed by atoms with Crippen molar-refractivity contribution in [2.45, 2.75) is 58.1 Å².